The van der Waals surface area contributed by atoms with Gasteiger partial charge in [-0.3, -0.25) is 9.59 Å². The van der Waals surface area contributed by atoms with Crippen molar-refractivity contribution < 1.29 is 24.2 Å². The standard InChI is InChI=1S/C13H14ClNO5/c1-13(2,12(17)18)5-11(16)15-8-4-10-9(3-7(8)14)19-6-20-10/h3-4H,5-6H2,1-2H3,(H,15,16)(H,17,18). The third-order valence-electron chi connectivity index (χ3n) is 2.92. The molecule has 0 aliphatic carbocycles. The number of halogens is 1. The quantitative estimate of drug-likeness (QED) is 0.892. The summed E-state index contributed by atoms with van der Waals surface area (Å²) in [7, 11) is 0. The molecule has 2 rings (SSSR count). The van der Waals surface area contributed by atoms with E-state index in [4.69, 9.17) is 26.2 Å². The molecule has 0 fully saturated rings. The summed E-state index contributed by atoms with van der Waals surface area (Å²) in [5, 5.41) is 11.9. The number of anilines is 1. The minimum atomic E-state index is -1.15. The number of rotatable bonds is 4. The Balaban J connectivity index is 2.11. The summed E-state index contributed by atoms with van der Waals surface area (Å²) in [5.41, 5.74) is -0.783. The van der Waals surface area contributed by atoms with E-state index < -0.39 is 17.3 Å². The Labute approximate surface area is 120 Å². The van der Waals surface area contributed by atoms with E-state index >= 15 is 0 Å². The second-order valence-corrected chi connectivity index (χ2v) is 5.51. The van der Waals surface area contributed by atoms with Gasteiger partial charge in [0.1, 0.15) is 0 Å². The Morgan fingerprint density at radius 1 is 1.35 bits per heavy atom. The number of hydrogen-bond donors (Lipinski definition) is 2. The van der Waals surface area contributed by atoms with Crippen LogP contribution in [0.15, 0.2) is 12.1 Å². The van der Waals surface area contributed by atoms with Crippen LogP contribution in [-0.2, 0) is 9.59 Å². The van der Waals surface area contributed by atoms with Crippen molar-refractivity contribution in [1.82, 2.24) is 0 Å². The van der Waals surface area contributed by atoms with Crippen LogP contribution < -0.4 is 14.8 Å². The van der Waals surface area contributed by atoms with Gasteiger partial charge in [0.05, 0.1) is 16.1 Å². The van der Waals surface area contributed by atoms with Crippen molar-refractivity contribution in [2.24, 2.45) is 5.41 Å². The molecule has 1 aliphatic heterocycles. The number of carboxylic acids is 1. The van der Waals surface area contributed by atoms with Gasteiger partial charge in [0.15, 0.2) is 11.5 Å². The van der Waals surface area contributed by atoms with Crippen molar-refractivity contribution >= 4 is 29.2 Å². The molecule has 6 nitrogen and oxygen atoms in total. The van der Waals surface area contributed by atoms with Crippen LogP contribution in [0.2, 0.25) is 5.02 Å². The molecule has 0 saturated heterocycles. The van der Waals surface area contributed by atoms with E-state index in [9.17, 15) is 9.59 Å². The molecule has 0 saturated carbocycles. The number of benzene rings is 1. The molecule has 20 heavy (non-hydrogen) atoms. The fourth-order valence-electron chi connectivity index (χ4n) is 1.68. The SMILES string of the molecule is CC(C)(CC(=O)Nc1cc2c(cc1Cl)OCO2)C(=O)O. The molecule has 0 unspecified atom stereocenters. The van der Waals surface area contributed by atoms with Crippen LogP contribution in [0.3, 0.4) is 0 Å². The molecule has 7 heteroatoms. The molecule has 1 heterocycles. The van der Waals surface area contributed by atoms with E-state index in [0.29, 0.717) is 22.2 Å². The van der Waals surface area contributed by atoms with Gasteiger partial charge in [0.2, 0.25) is 12.7 Å². The third-order valence-corrected chi connectivity index (χ3v) is 3.23. The monoisotopic (exact) mass is 299 g/mol. The average molecular weight is 300 g/mol. The Kier molecular flexibility index (Phi) is 3.76. The average Bonchev–Trinajstić information content (AvgIpc) is 2.75. The zero-order valence-corrected chi connectivity index (χ0v) is 11.8. The van der Waals surface area contributed by atoms with E-state index in [1.165, 1.54) is 13.8 Å². The molecule has 0 spiro atoms. The number of carboxylic acid groups (broad SMARTS) is 1. The van der Waals surface area contributed by atoms with Crippen molar-refractivity contribution in [3.05, 3.63) is 17.2 Å². The number of carbonyl (C=O) groups is 2. The summed E-state index contributed by atoms with van der Waals surface area (Å²) < 4.78 is 10.3. The molecule has 0 bridgehead atoms. The first kappa shape index (κ1) is 14.5. The van der Waals surface area contributed by atoms with Gasteiger partial charge in [-0.15, -0.1) is 0 Å². The number of fused-ring (bicyclic) bond motifs is 1. The summed E-state index contributed by atoms with van der Waals surface area (Å²) in [6.07, 6.45) is -0.160. The summed E-state index contributed by atoms with van der Waals surface area (Å²) in [6.45, 7) is 3.07. The molecule has 0 atom stereocenters. The lowest BCUT2D eigenvalue weighted by Gasteiger charge is -2.18. The number of nitrogens with one attached hydrogen (secondary N) is 1. The predicted octanol–water partition coefficient (Wildman–Crippen LogP) is 2.51. The molecular formula is C13H14ClNO5. The highest BCUT2D eigenvalue weighted by Crippen LogP contribution is 2.39. The van der Waals surface area contributed by atoms with Crippen LogP contribution in [0, 0.1) is 5.41 Å². The van der Waals surface area contributed by atoms with Crippen LogP contribution in [0.25, 0.3) is 0 Å². The maximum absolute atomic E-state index is 11.9. The third kappa shape index (κ3) is 2.96. The van der Waals surface area contributed by atoms with Gasteiger partial charge in [0.25, 0.3) is 0 Å². The molecule has 0 aromatic heterocycles. The second-order valence-electron chi connectivity index (χ2n) is 5.10. The van der Waals surface area contributed by atoms with Crippen molar-refractivity contribution in [3.63, 3.8) is 0 Å². The number of ether oxygens (including phenoxy) is 2. The van der Waals surface area contributed by atoms with E-state index in [2.05, 4.69) is 5.32 Å². The molecule has 2 N–H and O–H groups in total. The fraction of sp³-hybridized carbons (Fsp3) is 0.385. The summed E-state index contributed by atoms with van der Waals surface area (Å²) in [4.78, 5) is 22.9. The lowest BCUT2D eigenvalue weighted by Crippen LogP contribution is -2.29. The van der Waals surface area contributed by atoms with E-state index in [-0.39, 0.29) is 13.2 Å². The van der Waals surface area contributed by atoms with Crippen LogP contribution in [0.5, 0.6) is 11.5 Å². The Hall–Kier alpha value is -1.95. The first-order valence-electron chi connectivity index (χ1n) is 5.92. The van der Waals surface area contributed by atoms with E-state index in [0.717, 1.165) is 0 Å². The Morgan fingerprint density at radius 2 is 1.95 bits per heavy atom. The van der Waals surface area contributed by atoms with Crippen molar-refractivity contribution in [3.8, 4) is 11.5 Å². The maximum Gasteiger partial charge on any atom is 0.309 e. The highest BCUT2D eigenvalue weighted by molar-refractivity contribution is 6.34. The maximum atomic E-state index is 11.9. The number of aliphatic carboxylic acids is 1. The van der Waals surface area contributed by atoms with Crippen molar-refractivity contribution in [2.45, 2.75) is 20.3 Å². The molecule has 108 valence electrons. The molecule has 1 amide bonds. The smallest absolute Gasteiger partial charge is 0.309 e. The largest absolute Gasteiger partial charge is 0.481 e. The van der Waals surface area contributed by atoms with Crippen molar-refractivity contribution in [2.75, 3.05) is 12.1 Å². The van der Waals surface area contributed by atoms with Crippen LogP contribution in [0.1, 0.15) is 20.3 Å². The molecule has 1 aromatic rings. The summed E-state index contributed by atoms with van der Waals surface area (Å²) in [6, 6.07) is 3.10. The van der Waals surface area contributed by atoms with E-state index in [1.54, 1.807) is 12.1 Å². The van der Waals surface area contributed by atoms with Crippen LogP contribution in [0.4, 0.5) is 5.69 Å². The van der Waals surface area contributed by atoms with Gasteiger partial charge >= 0.3 is 5.97 Å². The first-order valence-corrected chi connectivity index (χ1v) is 6.30. The van der Waals surface area contributed by atoms with Gasteiger partial charge in [-0.05, 0) is 13.8 Å². The molecule has 1 aromatic carbocycles. The first-order chi connectivity index (χ1) is 9.29. The topological polar surface area (TPSA) is 84.9 Å². The number of hydrogen-bond acceptors (Lipinski definition) is 4. The van der Waals surface area contributed by atoms with Crippen LogP contribution in [-0.4, -0.2) is 23.8 Å². The summed E-state index contributed by atoms with van der Waals surface area (Å²) in [5.74, 6) is -0.469. The van der Waals surface area contributed by atoms with Crippen LogP contribution >= 0.6 is 11.6 Å². The number of carbonyl (C=O) groups excluding carboxylic acids is 1. The van der Waals surface area contributed by atoms with Gasteiger partial charge in [-0.2, -0.15) is 0 Å². The highest BCUT2D eigenvalue weighted by Gasteiger charge is 2.30. The zero-order valence-electron chi connectivity index (χ0n) is 11.0. The minimum absolute atomic E-state index is 0.106. The Bertz CT molecular complexity index is 570. The number of amides is 1. The highest BCUT2D eigenvalue weighted by atomic mass is 35.5. The summed E-state index contributed by atoms with van der Waals surface area (Å²) >= 11 is 6.02. The van der Waals surface area contributed by atoms with E-state index in [1.807, 2.05) is 0 Å². The zero-order chi connectivity index (χ0) is 14.9. The molecule has 1 aliphatic rings. The minimum Gasteiger partial charge on any atom is -0.481 e. The second kappa shape index (κ2) is 5.20. The fourth-order valence-corrected chi connectivity index (χ4v) is 1.89. The van der Waals surface area contributed by atoms with Gasteiger partial charge < -0.3 is 19.9 Å². The predicted molar refractivity (Wildman–Crippen MR) is 72.2 cm³/mol. The normalized spacial score (nSPS) is 13.2. The van der Waals surface area contributed by atoms with Gasteiger partial charge in [0, 0.05) is 18.6 Å². The van der Waals surface area contributed by atoms with Gasteiger partial charge in [-0.1, -0.05) is 11.6 Å². The van der Waals surface area contributed by atoms with Gasteiger partial charge in [-0.25, -0.2) is 0 Å². The lowest BCUT2D eigenvalue weighted by molar-refractivity contribution is -0.148. The molecular weight excluding hydrogens is 286 g/mol. The Morgan fingerprint density at radius 3 is 2.55 bits per heavy atom. The lowest BCUT2D eigenvalue weighted by atomic mass is 9.89. The molecule has 0 radical (unpaired) electrons. The van der Waals surface area contributed by atoms with Crippen molar-refractivity contribution in [1.29, 1.82) is 0 Å².